The summed E-state index contributed by atoms with van der Waals surface area (Å²) in [6.07, 6.45) is 35.4. The molecule has 0 radical (unpaired) electrons. The molecule has 38 heavy (non-hydrogen) atoms. The maximum Gasteiger partial charge on any atom is -0.0142 e. The van der Waals surface area contributed by atoms with E-state index in [2.05, 4.69) is 118 Å². The molecule has 0 rings (SSSR count). The summed E-state index contributed by atoms with van der Waals surface area (Å²) in [5.41, 5.74) is 7.50. The summed E-state index contributed by atoms with van der Waals surface area (Å²) in [6, 6.07) is 0. The van der Waals surface area contributed by atoms with Gasteiger partial charge in [-0.25, -0.2) is 0 Å². The van der Waals surface area contributed by atoms with Crippen molar-refractivity contribution < 1.29 is 0 Å². The number of hydrogen-bond donors (Lipinski definition) is 0. The van der Waals surface area contributed by atoms with Crippen LogP contribution >= 0.6 is 0 Å². The lowest BCUT2D eigenvalue weighted by Crippen LogP contribution is -1.82. The molecule has 0 unspecified atom stereocenters. The van der Waals surface area contributed by atoms with E-state index < -0.39 is 0 Å². The van der Waals surface area contributed by atoms with Gasteiger partial charge in [-0.1, -0.05) is 109 Å². The molecular formula is C38H64. The molecule has 0 fully saturated rings. The van der Waals surface area contributed by atoms with Crippen LogP contribution in [0.4, 0.5) is 0 Å². The Balaban J connectivity index is -0.000000487. The molecule has 0 aliphatic heterocycles. The fraction of sp³-hybridized carbons (Fsp3) is 0.526. The number of rotatable bonds is 18. The van der Waals surface area contributed by atoms with Gasteiger partial charge in [-0.05, 0) is 112 Å². The van der Waals surface area contributed by atoms with Crippen molar-refractivity contribution in [2.75, 3.05) is 0 Å². The highest BCUT2D eigenvalue weighted by molar-refractivity contribution is 5.09. The van der Waals surface area contributed by atoms with E-state index in [4.69, 9.17) is 0 Å². The van der Waals surface area contributed by atoms with Gasteiger partial charge in [0.2, 0.25) is 0 Å². The second-order valence-corrected chi connectivity index (χ2v) is 9.71. The fourth-order valence-corrected chi connectivity index (χ4v) is 3.73. The highest BCUT2D eigenvalue weighted by Crippen LogP contribution is 2.14. The zero-order valence-electron chi connectivity index (χ0n) is 26.9. The first kappa shape index (κ1) is 40.2. The third kappa shape index (κ3) is 29.9. The van der Waals surface area contributed by atoms with E-state index in [0.29, 0.717) is 0 Å². The molecular weight excluding hydrogens is 456 g/mol. The Hall–Kier alpha value is -2.34. The van der Waals surface area contributed by atoms with Crippen molar-refractivity contribution in [1.29, 1.82) is 0 Å². The predicted octanol–water partition coefficient (Wildman–Crippen LogP) is 13.5. The van der Waals surface area contributed by atoms with Crippen LogP contribution in [0.3, 0.4) is 0 Å². The van der Waals surface area contributed by atoms with Gasteiger partial charge in [0.05, 0.1) is 0 Å². The van der Waals surface area contributed by atoms with Gasteiger partial charge in [-0.2, -0.15) is 0 Å². The Morgan fingerprint density at radius 1 is 0.553 bits per heavy atom. The van der Waals surface area contributed by atoms with Gasteiger partial charge >= 0.3 is 0 Å². The Kier molecular flexibility index (Phi) is 34.5. The van der Waals surface area contributed by atoms with E-state index in [-0.39, 0.29) is 0 Å². The number of allylic oxidation sites excluding steroid dienone is 15. The lowest BCUT2D eigenvalue weighted by atomic mass is 10.0. The largest absolute Gasteiger partial charge is 0.103 e. The number of hydrogen-bond acceptors (Lipinski definition) is 0. The van der Waals surface area contributed by atoms with E-state index in [0.717, 1.165) is 25.7 Å². The Morgan fingerprint density at radius 3 is 1.26 bits per heavy atom. The molecule has 0 saturated carbocycles. The Labute approximate surface area is 240 Å². The van der Waals surface area contributed by atoms with Gasteiger partial charge in [0.15, 0.2) is 0 Å². The van der Waals surface area contributed by atoms with Gasteiger partial charge in [0.25, 0.3) is 0 Å². The highest BCUT2D eigenvalue weighted by Gasteiger charge is 1.94. The normalized spacial score (nSPS) is 12.9. The zero-order valence-corrected chi connectivity index (χ0v) is 26.9. The molecule has 0 heterocycles. The molecule has 0 heteroatoms. The summed E-state index contributed by atoms with van der Waals surface area (Å²) in [7, 11) is 0. The third-order valence-corrected chi connectivity index (χ3v) is 6.43. The van der Waals surface area contributed by atoms with Crippen LogP contribution in [0.15, 0.2) is 108 Å². The van der Waals surface area contributed by atoms with Gasteiger partial charge in [-0.3, -0.25) is 0 Å². The summed E-state index contributed by atoms with van der Waals surface area (Å²) >= 11 is 0. The van der Waals surface area contributed by atoms with Crippen LogP contribution in [0, 0.1) is 0 Å². The molecule has 0 bridgehead atoms. The van der Waals surface area contributed by atoms with E-state index in [9.17, 15) is 0 Å². The van der Waals surface area contributed by atoms with Gasteiger partial charge in [0, 0.05) is 0 Å². The molecule has 0 aromatic rings. The molecule has 0 aromatic heterocycles. The van der Waals surface area contributed by atoms with Crippen LogP contribution < -0.4 is 0 Å². The zero-order chi connectivity index (χ0) is 29.4. The molecule has 0 aliphatic rings. The molecule has 0 N–H and O–H groups in total. The first-order chi connectivity index (χ1) is 18.3. The van der Waals surface area contributed by atoms with Crippen molar-refractivity contribution in [3.8, 4) is 0 Å². The standard InChI is InChI=1S/C14H24.C13H22.C11H18/c1-5-9-13(4)11-8-12-14(7-3)10-6-2;1-5-9-13(7-3)11-8-10-12(4)6-2;1-4-7-8-10-11(6-3)9-5-2/h6-7,11H,2,5,8-10,12H2,1,3-4H3;5,7,10H,1,6,8-9,11H2,2-4H3;4-7H,2,8-10H2,1,3H3/b13-11+,14-7?;12-10+,13-7?;. The van der Waals surface area contributed by atoms with Crippen LogP contribution in [-0.2, 0) is 0 Å². The molecule has 0 amide bonds. The fourth-order valence-electron chi connectivity index (χ4n) is 3.73. The van der Waals surface area contributed by atoms with Crippen molar-refractivity contribution in [3.63, 3.8) is 0 Å². The summed E-state index contributed by atoms with van der Waals surface area (Å²) in [5.74, 6) is 0. The third-order valence-electron chi connectivity index (χ3n) is 6.43. The Morgan fingerprint density at radius 2 is 0.947 bits per heavy atom. The van der Waals surface area contributed by atoms with E-state index in [1.807, 2.05) is 18.2 Å². The average Bonchev–Trinajstić information content (AvgIpc) is 2.92. The van der Waals surface area contributed by atoms with Gasteiger partial charge in [0.1, 0.15) is 0 Å². The summed E-state index contributed by atoms with van der Waals surface area (Å²) in [6.45, 7) is 28.5. The van der Waals surface area contributed by atoms with Crippen LogP contribution in [-0.4, -0.2) is 0 Å². The smallest absolute Gasteiger partial charge is 0.0142 e. The minimum atomic E-state index is 1.04. The van der Waals surface area contributed by atoms with Crippen LogP contribution in [0.5, 0.6) is 0 Å². The van der Waals surface area contributed by atoms with E-state index in [1.165, 1.54) is 79.2 Å². The quantitative estimate of drug-likeness (QED) is 0.158. The van der Waals surface area contributed by atoms with Crippen molar-refractivity contribution >= 4 is 0 Å². The summed E-state index contributed by atoms with van der Waals surface area (Å²) < 4.78 is 0. The summed E-state index contributed by atoms with van der Waals surface area (Å²) in [4.78, 5) is 0. The van der Waals surface area contributed by atoms with Crippen molar-refractivity contribution in [3.05, 3.63) is 108 Å². The second kappa shape index (κ2) is 32.7. The second-order valence-electron chi connectivity index (χ2n) is 9.71. The molecule has 0 aromatic carbocycles. The molecule has 0 nitrogen and oxygen atoms in total. The molecule has 0 atom stereocenters. The molecule has 0 aliphatic carbocycles. The average molecular weight is 521 g/mol. The lowest BCUT2D eigenvalue weighted by molar-refractivity contribution is 0.874. The summed E-state index contributed by atoms with van der Waals surface area (Å²) in [5, 5.41) is 0. The van der Waals surface area contributed by atoms with Crippen LogP contribution in [0.2, 0.25) is 0 Å². The van der Waals surface area contributed by atoms with Crippen LogP contribution in [0.1, 0.15) is 132 Å². The topological polar surface area (TPSA) is 0 Å². The maximum absolute atomic E-state index is 3.76. The first-order valence-electron chi connectivity index (χ1n) is 15.0. The molecule has 0 spiro atoms. The minimum absolute atomic E-state index is 1.04. The van der Waals surface area contributed by atoms with Crippen LogP contribution in [0.25, 0.3) is 0 Å². The lowest BCUT2D eigenvalue weighted by Gasteiger charge is -2.02. The van der Waals surface area contributed by atoms with Gasteiger partial charge < -0.3 is 0 Å². The Bertz CT molecular complexity index is 758. The van der Waals surface area contributed by atoms with Crippen molar-refractivity contribution in [1.82, 2.24) is 0 Å². The molecule has 216 valence electrons. The monoisotopic (exact) mass is 521 g/mol. The van der Waals surface area contributed by atoms with E-state index >= 15 is 0 Å². The SMILES string of the molecule is C=CCC(=CC)CC/C=C(\C)CC.C=CCC(=CC)CC/C=C(\C)CCC.C=CCC(=CC)CCC=CC. The predicted molar refractivity (Wildman–Crippen MR) is 181 cm³/mol. The highest BCUT2D eigenvalue weighted by atomic mass is 14.0. The van der Waals surface area contributed by atoms with Gasteiger partial charge in [-0.15, -0.1) is 19.7 Å². The minimum Gasteiger partial charge on any atom is -0.103 e. The van der Waals surface area contributed by atoms with E-state index in [1.54, 1.807) is 0 Å². The first-order valence-corrected chi connectivity index (χ1v) is 15.0. The molecule has 0 saturated heterocycles. The van der Waals surface area contributed by atoms with Crippen molar-refractivity contribution in [2.24, 2.45) is 0 Å². The van der Waals surface area contributed by atoms with Crippen molar-refractivity contribution in [2.45, 2.75) is 132 Å². The maximum atomic E-state index is 3.76.